The molecule has 0 saturated heterocycles. The molecule has 3 nitrogen and oxygen atoms in total. The molecule has 7 heteroatoms. The Kier molecular flexibility index (Phi) is 6.97. The Hall–Kier alpha value is -1.27. The maximum absolute atomic E-state index is 13.3. The fraction of sp³-hybridized carbons (Fsp3) is 0.632. The second kappa shape index (κ2) is 8.61. The average molecular weight is 391 g/mol. The van der Waals surface area contributed by atoms with Gasteiger partial charge in [-0.1, -0.05) is 31.0 Å². The van der Waals surface area contributed by atoms with E-state index in [-0.39, 0.29) is 48.4 Å². The van der Waals surface area contributed by atoms with Gasteiger partial charge in [0.25, 0.3) is 0 Å². The lowest BCUT2D eigenvalue weighted by Crippen LogP contribution is -2.42. The van der Waals surface area contributed by atoms with Crippen molar-refractivity contribution in [2.75, 3.05) is 0 Å². The lowest BCUT2D eigenvalue weighted by atomic mass is 10.0. The predicted octanol–water partition coefficient (Wildman–Crippen LogP) is 4.53. The summed E-state index contributed by atoms with van der Waals surface area (Å²) < 4.78 is 39.9. The molecule has 0 aromatic heterocycles. The van der Waals surface area contributed by atoms with E-state index in [4.69, 9.17) is 5.73 Å². The highest BCUT2D eigenvalue weighted by atomic mass is 35.5. The smallest absolute Gasteiger partial charge is 0.335 e. The van der Waals surface area contributed by atoms with Crippen molar-refractivity contribution in [3.63, 3.8) is 0 Å². The van der Waals surface area contributed by atoms with Crippen LogP contribution < -0.4 is 5.73 Å². The second-order valence-corrected chi connectivity index (χ2v) is 7.33. The molecule has 2 fully saturated rings. The third-order valence-electron chi connectivity index (χ3n) is 5.53. The van der Waals surface area contributed by atoms with Gasteiger partial charge in [0.15, 0.2) is 0 Å². The Bertz CT molecular complexity index is 617. The van der Waals surface area contributed by atoms with E-state index in [0.29, 0.717) is 6.42 Å². The molecule has 0 radical (unpaired) electrons. The molecule has 0 aliphatic heterocycles. The van der Waals surface area contributed by atoms with E-state index in [2.05, 4.69) is 0 Å². The first kappa shape index (κ1) is 21.0. The van der Waals surface area contributed by atoms with Gasteiger partial charge < -0.3 is 10.6 Å². The number of nitrogens with two attached hydrogens (primary N) is 1. The summed E-state index contributed by atoms with van der Waals surface area (Å²) in [5, 5.41) is 0. The van der Waals surface area contributed by atoms with Crippen molar-refractivity contribution in [1.82, 2.24) is 4.90 Å². The minimum atomic E-state index is -4.41. The van der Waals surface area contributed by atoms with Gasteiger partial charge in [-0.3, -0.25) is 4.79 Å². The second-order valence-electron chi connectivity index (χ2n) is 7.33. The van der Waals surface area contributed by atoms with Crippen molar-refractivity contribution in [2.45, 2.75) is 69.8 Å². The molecule has 3 rings (SSSR count). The molecule has 2 aliphatic rings. The molecule has 2 N–H and O–H groups in total. The zero-order valence-corrected chi connectivity index (χ0v) is 15.5. The van der Waals surface area contributed by atoms with Gasteiger partial charge in [0.05, 0.1) is 5.56 Å². The van der Waals surface area contributed by atoms with Crippen LogP contribution in [0.2, 0.25) is 0 Å². The molecule has 2 atom stereocenters. The maximum Gasteiger partial charge on any atom is 0.416 e. The van der Waals surface area contributed by atoms with Crippen molar-refractivity contribution >= 4 is 18.3 Å². The van der Waals surface area contributed by atoms with Gasteiger partial charge in [-0.25, -0.2) is 0 Å². The fourth-order valence-corrected chi connectivity index (χ4v) is 4.20. The number of alkyl halides is 3. The molecule has 1 amide bonds. The topological polar surface area (TPSA) is 46.3 Å². The Morgan fingerprint density at radius 1 is 1.12 bits per heavy atom. The zero-order valence-electron chi connectivity index (χ0n) is 14.7. The average Bonchev–Trinajstić information content (AvgIpc) is 3.23. The van der Waals surface area contributed by atoms with Crippen LogP contribution in [0.5, 0.6) is 0 Å². The summed E-state index contributed by atoms with van der Waals surface area (Å²) in [5.41, 5.74) is 5.46. The Balaban J connectivity index is 0.00000243. The minimum Gasteiger partial charge on any atom is -0.335 e. The molecule has 1 aromatic rings. The SMILES string of the molecule is Cl.NC1CCC(C(=O)N(Cc2ccccc2C(F)(F)F)C2CCCC2)C1. The summed E-state index contributed by atoms with van der Waals surface area (Å²) in [6, 6.07) is 5.65. The third-order valence-corrected chi connectivity index (χ3v) is 5.53. The van der Waals surface area contributed by atoms with Crippen molar-refractivity contribution in [2.24, 2.45) is 11.7 Å². The highest BCUT2D eigenvalue weighted by Gasteiger charge is 2.37. The van der Waals surface area contributed by atoms with Gasteiger partial charge in [0.2, 0.25) is 5.91 Å². The summed E-state index contributed by atoms with van der Waals surface area (Å²) in [6.45, 7) is 0.0327. The molecule has 1 aromatic carbocycles. The zero-order chi connectivity index (χ0) is 18.0. The molecule has 0 bridgehead atoms. The van der Waals surface area contributed by atoms with Crippen LogP contribution in [0.15, 0.2) is 24.3 Å². The number of carbonyl (C=O) groups is 1. The molecular weight excluding hydrogens is 365 g/mol. The number of carbonyl (C=O) groups excluding carboxylic acids is 1. The van der Waals surface area contributed by atoms with Crippen LogP contribution in [-0.4, -0.2) is 22.9 Å². The van der Waals surface area contributed by atoms with Crippen LogP contribution >= 0.6 is 12.4 Å². The van der Waals surface area contributed by atoms with E-state index in [1.54, 1.807) is 11.0 Å². The standard InChI is InChI=1S/C19H25F3N2O.ClH/c20-19(21,22)17-8-4-1-5-14(17)12-24(16-6-2-3-7-16)18(25)13-9-10-15(23)11-13;/h1,4-5,8,13,15-16H,2-3,6-7,9-12,23H2;1H. The number of nitrogens with zero attached hydrogens (tertiary/aromatic N) is 1. The maximum atomic E-state index is 13.3. The molecular formula is C19H26ClF3N2O. The largest absolute Gasteiger partial charge is 0.416 e. The first-order valence-corrected chi connectivity index (χ1v) is 9.07. The number of hydrogen-bond donors (Lipinski definition) is 1. The number of benzene rings is 1. The highest BCUT2D eigenvalue weighted by molar-refractivity contribution is 5.85. The molecule has 0 spiro atoms. The van der Waals surface area contributed by atoms with Gasteiger partial charge in [0.1, 0.15) is 0 Å². The van der Waals surface area contributed by atoms with Gasteiger partial charge in [-0.05, 0) is 43.7 Å². The number of halogens is 4. The summed E-state index contributed by atoms with van der Waals surface area (Å²) in [4.78, 5) is 14.7. The van der Waals surface area contributed by atoms with E-state index >= 15 is 0 Å². The van der Waals surface area contributed by atoms with Crippen LogP contribution in [0.1, 0.15) is 56.1 Å². The van der Waals surface area contributed by atoms with Crippen LogP contribution in [0, 0.1) is 5.92 Å². The van der Waals surface area contributed by atoms with Crippen molar-refractivity contribution in [3.8, 4) is 0 Å². The normalized spacial score (nSPS) is 23.7. The number of rotatable bonds is 4. The van der Waals surface area contributed by atoms with Crippen molar-refractivity contribution < 1.29 is 18.0 Å². The molecule has 2 aliphatic carbocycles. The van der Waals surface area contributed by atoms with E-state index in [0.717, 1.165) is 44.6 Å². The third kappa shape index (κ3) is 4.71. The molecule has 146 valence electrons. The van der Waals surface area contributed by atoms with Gasteiger partial charge in [-0.15, -0.1) is 12.4 Å². The summed E-state index contributed by atoms with van der Waals surface area (Å²) in [6.07, 6.45) is 1.59. The first-order chi connectivity index (χ1) is 11.9. The first-order valence-electron chi connectivity index (χ1n) is 9.07. The summed E-state index contributed by atoms with van der Waals surface area (Å²) in [5.74, 6) is -0.162. The van der Waals surface area contributed by atoms with E-state index in [1.807, 2.05) is 0 Å². The quantitative estimate of drug-likeness (QED) is 0.821. The van der Waals surface area contributed by atoms with Crippen LogP contribution in [0.25, 0.3) is 0 Å². The van der Waals surface area contributed by atoms with Crippen molar-refractivity contribution in [3.05, 3.63) is 35.4 Å². The Labute approximate surface area is 158 Å². The van der Waals surface area contributed by atoms with Gasteiger partial charge >= 0.3 is 6.18 Å². The van der Waals surface area contributed by atoms with E-state index in [9.17, 15) is 18.0 Å². The Morgan fingerprint density at radius 2 is 1.77 bits per heavy atom. The fourth-order valence-electron chi connectivity index (χ4n) is 4.20. The number of amides is 1. The van der Waals surface area contributed by atoms with Crippen LogP contribution in [-0.2, 0) is 17.5 Å². The van der Waals surface area contributed by atoms with Crippen LogP contribution in [0.3, 0.4) is 0 Å². The lowest BCUT2D eigenvalue weighted by Gasteiger charge is -2.32. The molecule has 2 unspecified atom stereocenters. The van der Waals surface area contributed by atoms with E-state index < -0.39 is 11.7 Å². The van der Waals surface area contributed by atoms with Crippen molar-refractivity contribution in [1.29, 1.82) is 0 Å². The predicted molar refractivity (Wildman–Crippen MR) is 96.8 cm³/mol. The van der Waals surface area contributed by atoms with Gasteiger partial charge in [0, 0.05) is 24.5 Å². The number of hydrogen-bond acceptors (Lipinski definition) is 2. The summed E-state index contributed by atoms with van der Waals surface area (Å²) in [7, 11) is 0. The van der Waals surface area contributed by atoms with Gasteiger partial charge in [-0.2, -0.15) is 13.2 Å². The highest BCUT2D eigenvalue weighted by Crippen LogP contribution is 2.35. The minimum absolute atomic E-state index is 0. The molecule has 0 heterocycles. The summed E-state index contributed by atoms with van der Waals surface area (Å²) >= 11 is 0. The van der Waals surface area contributed by atoms with E-state index in [1.165, 1.54) is 12.1 Å². The molecule has 26 heavy (non-hydrogen) atoms. The lowest BCUT2D eigenvalue weighted by molar-refractivity contribution is -0.142. The van der Waals surface area contributed by atoms with Crippen LogP contribution in [0.4, 0.5) is 13.2 Å². The Morgan fingerprint density at radius 3 is 2.35 bits per heavy atom. The monoisotopic (exact) mass is 390 g/mol. The molecule has 2 saturated carbocycles.